The zero-order valence-electron chi connectivity index (χ0n) is 13.8. The molecule has 0 amide bonds. The Labute approximate surface area is 142 Å². The first-order valence-electron chi connectivity index (χ1n) is 7.92. The van der Waals surface area contributed by atoms with Gasteiger partial charge in [-0.25, -0.2) is 9.97 Å². The van der Waals surface area contributed by atoms with Crippen LogP contribution in [0.4, 0.5) is 5.82 Å². The Morgan fingerprint density at radius 1 is 1.04 bits per heavy atom. The highest BCUT2D eigenvalue weighted by atomic mass is 35.5. The summed E-state index contributed by atoms with van der Waals surface area (Å²) in [6.07, 6.45) is 0. The number of halogens is 1. The molecule has 1 fully saturated rings. The number of aromatic nitrogens is 2. The van der Waals surface area contributed by atoms with Crippen LogP contribution in [0.1, 0.15) is 26.5 Å². The minimum Gasteiger partial charge on any atom is -0.378 e. The Hall–Kier alpha value is -1.65. The molecule has 1 saturated heterocycles. The molecule has 0 bridgehead atoms. The first kappa shape index (κ1) is 16.2. The van der Waals surface area contributed by atoms with Gasteiger partial charge < -0.3 is 9.64 Å². The quantitative estimate of drug-likeness (QED) is 0.835. The fraction of sp³-hybridized carbons (Fsp3) is 0.444. The van der Waals surface area contributed by atoms with Crippen LogP contribution < -0.4 is 4.90 Å². The van der Waals surface area contributed by atoms with E-state index in [9.17, 15) is 0 Å². The van der Waals surface area contributed by atoms with E-state index in [-0.39, 0.29) is 5.41 Å². The van der Waals surface area contributed by atoms with E-state index in [2.05, 4.69) is 31.7 Å². The lowest BCUT2D eigenvalue weighted by Crippen LogP contribution is -2.37. The molecule has 2 aromatic rings. The topological polar surface area (TPSA) is 38.2 Å². The molecule has 1 aliphatic rings. The normalized spacial score (nSPS) is 15.7. The second-order valence-corrected chi connectivity index (χ2v) is 7.23. The van der Waals surface area contributed by atoms with Crippen molar-refractivity contribution in [2.75, 3.05) is 31.2 Å². The van der Waals surface area contributed by atoms with Gasteiger partial charge in [-0.15, -0.1) is 0 Å². The summed E-state index contributed by atoms with van der Waals surface area (Å²) in [5.41, 5.74) is 1.99. The second-order valence-electron chi connectivity index (χ2n) is 6.79. The maximum atomic E-state index is 5.99. The number of hydrogen-bond donors (Lipinski definition) is 0. The minimum absolute atomic E-state index is 0.0366. The van der Waals surface area contributed by atoms with Crippen LogP contribution in [0.25, 0.3) is 11.4 Å². The summed E-state index contributed by atoms with van der Waals surface area (Å²) in [4.78, 5) is 11.8. The second kappa shape index (κ2) is 6.46. The van der Waals surface area contributed by atoms with Gasteiger partial charge in [0.1, 0.15) is 5.82 Å². The third-order valence-corrected chi connectivity index (χ3v) is 4.17. The Morgan fingerprint density at radius 3 is 2.30 bits per heavy atom. The molecule has 122 valence electrons. The predicted octanol–water partition coefficient (Wildman–Crippen LogP) is 3.93. The molecule has 1 aliphatic heterocycles. The number of ether oxygens (including phenoxy) is 1. The molecule has 5 heteroatoms. The standard InChI is InChI=1S/C18H22ClN3O/c1-18(2,3)15-12-16(22-8-10-23-11-9-22)21-17(20-15)13-4-6-14(19)7-5-13/h4-7,12H,8-11H2,1-3H3. The van der Waals surface area contributed by atoms with Gasteiger partial charge in [0.25, 0.3) is 0 Å². The first-order valence-corrected chi connectivity index (χ1v) is 8.29. The minimum atomic E-state index is -0.0366. The zero-order chi connectivity index (χ0) is 16.4. The lowest BCUT2D eigenvalue weighted by molar-refractivity contribution is 0.122. The summed E-state index contributed by atoms with van der Waals surface area (Å²) in [7, 11) is 0. The summed E-state index contributed by atoms with van der Waals surface area (Å²) >= 11 is 5.99. The molecule has 0 aliphatic carbocycles. The van der Waals surface area contributed by atoms with Crippen LogP contribution in [0, 0.1) is 0 Å². The van der Waals surface area contributed by atoms with Gasteiger partial charge in [0.15, 0.2) is 5.82 Å². The molecule has 0 N–H and O–H groups in total. The lowest BCUT2D eigenvalue weighted by Gasteiger charge is -2.29. The van der Waals surface area contributed by atoms with Gasteiger partial charge in [-0.2, -0.15) is 0 Å². The Balaban J connectivity index is 2.05. The molecule has 0 saturated carbocycles. The molecule has 1 aromatic carbocycles. The summed E-state index contributed by atoms with van der Waals surface area (Å²) in [5.74, 6) is 1.72. The third-order valence-electron chi connectivity index (χ3n) is 3.92. The SMILES string of the molecule is CC(C)(C)c1cc(N2CCOCC2)nc(-c2ccc(Cl)cc2)n1. The van der Waals surface area contributed by atoms with Crippen molar-refractivity contribution in [3.05, 3.63) is 41.0 Å². The van der Waals surface area contributed by atoms with Crippen molar-refractivity contribution >= 4 is 17.4 Å². The molecule has 0 unspecified atom stereocenters. The Morgan fingerprint density at radius 2 is 1.70 bits per heavy atom. The van der Waals surface area contributed by atoms with Gasteiger partial charge in [0.05, 0.1) is 18.9 Å². The highest BCUT2D eigenvalue weighted by Crippen LogP contribution is 2.28. The number of hydrogen-bond acceptors (Lipinski definition) is 4. The molecule has 0 radical (unpaired) electrons. The largest absolute Gasteiger partial charge is 0.378 e. The van der Waals surface area contributed by atoms with Gasteiger partial charge in [-0.05, 0) is 24.3 Å². The van der Waals surface area contributed by atoms with Crippen molar-refractivity contribution in [2.45, 2.75) is 26.2 Å². The van der Waals surface area contributed by atoms with Gasteiger partial charge >= 0.3 is 0 Å². The number of anilines is 1. The fourth-order valence-corrected chi connectivity index (χ4v) is 2.63. The van der Waals surface area contributed by atoms with Crippen molar-refractivity contribution in [3.63, 3.8) is 0 Å². The maximum absolute atomic E-state index is 5.99. The molecule has 0 atom stereocenters. The smallest absolute Gasteiger partial charge is 0.161 e. The van der Waals surface area contributed by atoms with Crippen LogP contribution in [0.15, 0.2) is 30.3 Å². The van der Waals surface area contributed by atoms with Gasteiger partial charge in [0.2, 0.25) is 0 Å². The number of benzene rings is 1. The molecule has 0 spiro atoms. The molecule has 23 heavy (non-hydrogen) atoms. The van der Waals surface area contributed by atoms with Crippen molar-refractivity contribution in [1.82, 2.24) is 9.97 Å². The first-order chi connectivity index (χ1) is 10.9. The molecule has 3 rings (SSSR count). The molecule has 4 nitrogen and oxygen atoms in total. The molecular formula is C18H22ClN3O. The summed E-state index contributed by atoms with van der Waals surface area (Å²) in [5, 5.41) is 0.717. The monoisotopic (exact) mass is 331 g/mol. The van der Waals surface area contributed by atoms with Gasteiger partial charge in [0, 0.05) is 35.2 Å². The highest BCUT2D eigenvalue weighted by molar-refractivity contribution is 6.30. The van der Waals surface area contributed by atoms with E-state index in [0.717, 1.165) is 49.2 Å². The number of morpholine rings is 1. The van der Waals surface area contributed by atoms with Crippen LogP contribution in [-0.2, 0) is 10.2 Å². The number of nitrogens with zero attached hydrogens (tertiary/aromatic N) is 3. The Bertz CT molecular complexity index is 674. The van der Waals surface area contributed by atoms with E-state index in [1.165, 1.54) is 0 Å². The Kier molecular flexibility index (Phi) is 4.55. The summed E-state index contributed by atoms with van der Waals surface area (Å²) < 4.78 is 5.45. The zero-order valence-corrected chi connectivity index (χ0v) is 14.6. The lowest BCUT2D eigenvalue weighted by atomic mass is 9.91. The molecule has 1 aromatic heterocycles. The number of rotatable bonds is 2. The molecular weight excluding hydrogens is 310 g/mol. The van der Waals surface area contributed by atoms with Crippen LogP contribution in [0.3, 0.4) is 0 Å². The van der Waals surface area contributed by atoms with Gasteiger partial charge in [-0.3, -0.25) is 0 Å². The van der Waals surface area contributed by atoms with Crippen LogP contribution in [0.5, 0.6) is 0 Å². The maximum Gasteiger partial charge on any atom is 0.161 e. The van der Waals surface area contributed by atoms with Crippen LogP contribution in [0.2, 0.25) is 5.02 Å². The van der Waals surface area contributed by atoms with E-state index in [1.54, 1.807) is 0 Å². The van der Waals surface area contributed by atoms with E-state index >= 15 is 0 Å². The van der Waals surface area contributed by atoms with Crippen LogP contribution in [-0.4, -0.2) is 36.3 Å². The van der Waals surface area contributed by atoms with E-state index in [1.807, 2.05) is 24.3 Å². The third kappa shape index (κ3) is 3.82. The average molecular weight is 332 g/mol. The van der Waals surface area contributed by atoms with Crippen LogP contribution >= 0.6 is 11.6 Å². The average Bonchev–Trinajstić information content (AvgIpc) is 2.55. The van der Waals surface area contributed by atoms with E-state index in [0.29, 0.717) is 5.02 Å². The predicted molar refractivity (Wildman–Crippen MR) is 94.2 cm³/mol. The highest BCUT2D eigenvalue weighted by Gasteiger charge is 2.21. The fourth-order valence-electron chi connectivity index (χ4n) is 2.50. The van der Waals surface area contributed by atoms with Crippen molar-refractivity contribution < 1.29 is 4.74 Å². The van der Waals surface area contributed by atoms with Crippen molar-refractivity contribution in [1.29, 1.82) is 0 Å². The van der Waals surface area contributed by atoms with E-state index < -0.39 is 0 Å². The summed E-state index contributed by atoms with van der Waals surface area (Å²) in [6, 6.07) is 9.78. The van der Waals surface area contributed by atoms with E-state index in [4.69, 9.17) is 26.3 Å². The summed E-state index contributed by atoms with van der Waals surface area (Å²) in [6.45, 7) is 9.72. The van der Waals surface area contributed by atoms with Crippen molar-refractivity contribution in [3.8, 4) is 11.4 Å². The van der Waals surface area contributed by atoms with Gasteiger partial charge in [-0.1, -0.05) is 32.4 Å². The molecule has 2 heterocycles. The van der Waals surface area contributed by atoms with Crippen molar-refractivity contribution in [2.24, 2.45) is 0 Å².